The van der Waals surface area contributed by atoms with Gasteiger partial charge in [-0.2, -0.15) is 0 Å². The second-order valence-corrected chi connectivity index (χ2v) is 5.35. The molecule has 0 heterocycles. The van der Waals surface area contributed by atoms with Crippen LogP contribution in [0.4, 0.5) is 5.69 Å². The SMILES string of the molecule is Cc1cc(Br)ccc1NC(=O)CN(C)C(C)C(=O)O. The van der Waals surface area contributed by atoms with E-state index in [0.29, 0.717) is 0 Å². The number of hydrogen-bond donors (Lipinski definition) is 2. The molecule has 0 saturated heterocycles. The number of anilines is 1. The minimum Gasteiger partial charge on any atom is -0.480 e. The van der Waals surface area contributed by atoms with Crippen LogP contribution < -0.4 is 5.32 Å². The summed E-state index contributed by atoms with van der Waals surface area (Å²) in [6.45, 7) is 3.47. The number of halogens is 1. The second kappa shape index (κ2) is 6.68. The maximum Gasteiger partial charge on any atom is 0.320 e. The van der Waals surface area contributed by atoms with Gasteiger partial charge in [0.05, 0.1) is 6.54 Å². The fraction of sp³-hybridized carbons (Fsp3) is 0.385. The van der Waals surface area contributed by atoms with Gasteiger partial charge in [-0.25, -0.2) is 0 Å². The Morgan fingerprint density at radius 2 is 2.11 bits per heavy atom. The van der Waals surface area contributed by atoms with E-state index in [1.165, 1.54) is 4.90 Å². The van der Waals surface area contributed by atoms with E-state index in [-0.39, 0.29) is 12.5 Å². The molecule has 0 aliphatic rings. The molecule has 1 amide bonds. The van der Waals surface area contributed by atoms with E-state index >= 15 is 0 Å². The Hall–Kier alpha value is -1.40. The van der Waals surface area contributed by atoms with Crippen LogP contribution in [0, 0.1) is 6.92 Å². The van der Waals surface area contributed by atoms with Crippen LogP contribution in [0.5, 0.6) is 0 Å². The summed E-state index contributed by atoms with van der Waals surface area (Å²) in [6, 6.07) is 4.85. The number of nitrogens with zero attached hydrogens (tertiary/aromatic N) is 1. The van der Waals surface area contributed by atoms with Crippen LogP contribution >= 0.6 is 15.9 Å². The minimum atomic E-state index is -0.949. The molecule has 0 radical (unpaired) electrons. The van der Waals surface area contributed by atoms with Gasteiger partial charge in [0.2, 0.25) is 5.91 Å². The van der Waals surface area contributed by atoms with E-state index in [9.17, 15) is 9.59 Å². The van der Waals surface area contributed by atoms with E-state index < -0.39 is 12.0 Å². The van der Waals surface area contributed by atoms with Gasteiger partial charge < -0.3 is 10.4 Å². The molecule has 0 bridgehead atoms. The fourth-order valence-electron chi connectivity index (χ4n) is 1.51. The predicted molar refractivity (Wildman–Crippen MR) is 77.2 cm³/mol. The lowest BCUT2D eigenvalue weighted by atomic mass is 10.2. The van der Waals surface area contributed by atoms with Crippen molar-refractivity contribution in [1.82, 2.24) is 4.90 Å². The number of carbonyl (C=O) groups is 2. The number of hydrogen-bond acceptors (Lipinski definition) is 3. The first-order valence-corrected chi connectivity index (χ1v) is 6.59. The zero-order valence-corrected chi connectivity index (χ0v) is 12.7. The average Bonchev–Trinajstić information content (AvgIpc) is 2.31. The molecule has 0 aromatic heterocycles. The molecule has 5 nitrogen and oxygen atoms in total. The number of aliphatic carboxylic acids is 1. The molecule has 19 heavy (non-hydrogen) atoms. The summed E-state index contributed by atoms with van der Waals surface area (Å²) in [7, 11) is 1.60. The van der Waals surface area contributed by atoms with Crippen molar-refractivity contribution in [3.8, 4) is 0 Å². The highest BCUT2D eigenvalue weighted by atomic mass is 79.9. The van der Waals surface area contributed by atoms with Crippen molar-refractivity contribution < 1.29 is 14.7 Å². The Morgan fingerprint density at radius 1 is 1.47 bits per heavy atom. The van der Waals surface area contributed by atoms with Gasteiger partial charge in [0.15, 0.2) is 0 Å². The van der Waals surface area contributed by atoms with Crippen molar-refractivity contribution >= 4 is 33.5 Å². The first-order valence-electron chi connectivity index (χ1n) is 5.80. The third kappa shape index (κ3) is 4.65. The van der Waals surface area contributed by atoms with Gasteiger partial charge in [0.25, 0.3) is 0 Å². The molecule has 0 spiro atoms. The predicted octanol–water partition coefficient (Wildman–Crippen LogP) is 2.10. The Balaban J connectivity index is 2.63. The Bertz CT molecular complexity index is 491. The highest BCUT2D eigenvalue weighted by molar-refractivity contribution is 9.10. The van der Waals surface area contributed by atoms with E-state index in [1.807, 2.05) is 19.1 Å². The van der Waals surface area contributed by atoms with Crippen LogP contribution in [0.1, 0.15) is 12.5 Å². The molecule has 1 aromatic carbocycles. The number of carboxylic acid groups (broad SMARTS) is 1. The lowest BCUT2D eigenvalue weighted by molar-refractivity contribution is -0.142. The number of aryl methyl sites for hydroxylation is 1. The number of nitrogens with one attached hydrogen (secondary N) is 1. The van der Waals surface area contributed by atoms with Crippen molar-refractivity contribution in [2.24, 2.45) is 0 Å². The summed E-state index contributed by atoms with van der Waals surface area (Å²) in [5.41, 5.74) is 1.67. The Labute approximate surface area is 120 Å². The summed E-state index contributed by atoms with van der Waals surface area (Å²) in [4.78, 5) is 24.1. The molecule has 1 rings (SSSR count). The molecular weight excluding hydrogens is 312 g/mol. The standard InChI is InChI=1S/C13H17BrN2O3/c1-8-6-10(14)4-5-11(8)15-12(17)7-16(3)9(2)13(18)19/h4-6,9H,7H2,1-3H3,(H,15,17)(H,18,19). The van der Waals surface area contributed by atoms with Gasteiger partial charge in [-0.15, -0.1) is 0 Å². The van der Waals surface area contributed by atoms with Crippen molar-refractivity contribution in [3.63, 3.8) is 0 Å². The second-order valence-electron chi connectivity index (χ2n) is 4.44. The largest absolute Gasteiger partial charge is 0.480 e. The molecule has 0 saturated carbocycles. The smallest absolute Gasteiger partial charge is 0.320 e. The molecule has 104 valence electrons. The first-order chi connectivity index (χ1) is 8.81. The molecule has 0 aliphatic carbocycles. The number of amides is 1. The molecule has 1 unspecified atom stereocenters. The topological polar surface area (TPSA) is 69.6 Å². The van der Waals surface area contributed by atoms with Crippen molar-refractivity contribution in [2.45, 2.75) is 19.9 Å². The zero-order chi connectivity index (χ0) is 14.6. The summed E-state index contributed by atoms with van der Waals surface area (Å²) >= 11 is 3.35. The van der Waals surface area contributed by atoms with Crippen LogP contribution in [0.3, 0.4) is 0 Å². The van der Waals surface area contributed by atoms with E-state index in [2.05, 4.69) is 21.2 Å². The van der Waals surface area contributed by atoms with Crippen LogP contribution in [0.25, 0.3) is 0 Å². The average molecular weight is 329 g/mol. The van der Waals surface area contributed by atoms with E-state index in [0.717, 1.165) is 15.7 Å². The van der Waals surface area contributed by atoms with Crippen LogP contribution in [0.15, 0.2) is 22.7 Å². The van der Waals surface area contributed by atoms with Gasteiger partial charge in [-0.1, -0.05) is 15.9 Å². The summed E-state index contributed by atoms with van der Waals surface area (Å²) in [5, 5.41) is 11.6. The van der Waals surface area contributed by atoms with Crippen LogP contribution in [0.2, 0.25) is 0 Å². The third-order valence-electron chi connectivity index (χ3n) is 2.87. The molecule has 1 atom stereocenters. The normalized spacial score (nSPS) is 12.3. The van der Waals surface area contributed by atoms with Gasteiger partial charge >= 0.3 is 5.97 Å². The highest BCUT2D eigenvalue weighted by Crippen LogP contribution is 2.19. The highest BCUT2D eigenvalue weighted by Gasteiger charge is 2.19. The molecule has 6 heteroatoms. The number of likely N-dealkylation sites (N-methyl/N-ethyl adjacent to an activating group) is 1. The number of rotatable bonds is 5. The van der Waals surface area contributed by atoms with Crippen molar-refractivity contribution in [1.29, 1.82) is 0 Å². The molecular formula is C13H17BrN2O3. The molecule has 1 aromatic rings. The van der Waals surface area contributed by atoms with E-state index in [4.69, 9.17) is 5.11 Å². The first kappa shape index (κ1) is 15.7. The monoisotopic (exact) mass is 328 g/mol. The maximum absolute atomic E-state index is 11.8. The van der Waals surface area contributed by atoms with Gasteiger partial charge in [0.1, 0.15) is 6.04 Å². The lowest BCUT2D eigenvalue weighted by Gasteiger charge is -2.20. The number of benzene rings is 1. The number of carboxylic acids is 1. The molecule has 0 fully saturated rings. The van der Waals surface area contributed by atoms with Crippen LogP contribution in [-0.4, -0.2) is 41.5 Å². The fourth-order valence-corrected chi connectivity index (χ4v) is 1.98. The molecule has 2 N–H and O–H groups in total. The van der Waals surface area contributed by atoms with Crippen LogP contribution in [-0.2, 0) is 9.59 Å². The summed E-state index contributed by atoms with van der Waals surface area (Å²) in [5.74, 6) is -1.18. The Kier molecular flexibility index (Phi) is 5.50. The summed E-state index contributed by atoms with van der Waals surface area (Å²) < 4.78 is 0.944. The van der Waals surface area contributed by atoms with E-state index in [1.54, 1.807) is 20.0 Å². The quantitative estimate of drug-likeness (QED) is 0.868. The van der Waals surface area contributed by atoms with Crippen molar-refractivity contribution in [3.05, 3.63) is 28.2 Å². The summed E-state index contributed by atoms with van der Waals surface area (Å²) in [6.07, 6.45) is 0. The number of carbonyl (C=O) groups excluding carboxylic acids is 1. The van der Waals surface area contributed by atoms with Gasteiger partial charge in [0, 0.05) is 10.2 Å². The lowest BCUT2D eigenvalue weighted by Crippen LogP contribution is -2.40. The van der Waals surface area contributed by atoms with Gasteiger partial charge in [-0.05, 0) is 44.7 Å². The maximum atomic E-state index is 11.8. The minimum absolute atomic E-state index is 0.0307. The molecule has 0 aliphatic heterocycles. The van der Waals surface area contributed by atoms with Gasteiger partial charge in [-0.3, -0.25) is 14.5 Å². The zero-order valence-electron chi connectivity index (χ0n) is 11.1. The third-order valence-corrected chi connectivity index (χ3v) is 3.37. The Morgan fingerprint density at radius 3 is 2.63 bits per heavy atom. The van der Waals surface area contributed by atoms with Crippen molar-refractivity contribution in [2.75, 3.05) is 18.9 Å².